The van der Waals surface area contributed by atoms with E-state index in [1.807, 2.05) is 0 Å². The number of hydrogen-bond acceptors (Lipinski definition) is 1. The molecule has 6 heavy (non-hydrogen) atoms. The van der Waals surface area contributed by atoms with Crippen molar-refractivity contribution in [2.75, 3.05) is 13.0 Å². The molecule has 38 valence electrons. The maximum Gasteiger partial charge on any atom is 0.0401 e. The molecule has 0 fully saturated rings. The molecule has 0 radical (unpaired) electrons. The fourth-order valence-electron chi connectivity index (χ4n) is 0. The average molecular weight is 109 g/mol. The Morgan fingerprint density at radius 3 is 2.00 bits per heavy atom. The normalized spacial score (nSPS) is 5.17. The van der Waals surface area contributed by atoms with Crippen LogP contribution >= 0.6 is 11.6 Å². The van der Waals surface area contributed by atoms with Crippen LogP contribution in [0.4, 0.5) is 0 Å². The molecule has 0 atom stereocenters. The highest BCUT2D eigenvalue weighted by Gasteiger charge is 1.48. The summed E-state index contributed by atoms with van der Waals surface area (Å²) in [7, 11) is 1.00. The maximum atomic E-state index is 7.00. The number of aliphatic hydroxyl groups excluding tert-OH is 1. The Hall–Kier alpha value is -0.0100. The Morgan fingerprint density at radius 2 is 2.00 bits per heavy atom. The van der Waals surface area contributed by atoms with E-state index in [4.69, 9.17) is 16.7 Å². The van der Waals surface area contributed by atoms with Gasteiger partial charge in [-0.15, -0.1) is 18.2 Å². The van der Waals surface area contributed by atoms with Gasteiger partial charge >= 0.3 is 0 Å². The van der Waals surface area contributed by atoms with Gasteiger partial charge in [0.25, 0.3) is 0 Å². The van der Waals surface area contributed by atoms with Crippen molar-refractivity contribution in [2.24, 2.45) is 0 Å². The molecule has 0 aromatic heterocycles. The molecule has 0 saturated carbocycles. The summed E-state index contributed by atoms with van der Waals surface area (Å²) in [6.07, 6.45) is 1.64. The Morgan fingerprint density at radius 1 is 1.83 bits per heavy atom. The second-order valence-corrected chi connectivity index (χ2v) is 0.752. The van der Waals surface area contributed by atoms with Gasteiger partial charge in [-0.2, -0.15) is 0 Å². The van der Waals surface area contributed by atoms with Gasteiger partial charge in [0.05, 0.1) is 0 Å². The topological polar surface area (TPSA) is 20.2 Å². The van der Waals surface area contributed by atoms with Crippen LogP contribution in [0.5, 0.6) is 0 Å². The second-order valence-electron chi connectivity index (χ2n) is 0.443. The summed E-state index contributed by atoms with van der Waals surface area (Å²) in [5.74, 6) is 0.556. The molecule has 0 aromatic rings. The smallest absolute Gasteiger partial charge is 0.0401 e. The van der Waals surface area contributed by atoms with Gasteiger partial charge < -0.3 is 5.11 Å². The first-order valence-corrected chi connectivity index (χ1v) is 2.07. The third kappa shape index (κ3) is 36.4. The quantitative estimate of drug-likeness (QED) is 0.393. The van der Waals surface area contributed by atoms with Crippen LogP contribution in [0.3, 0.4) is 0 Å². The Balaban J connectivity index is 0. The molecule has 0 amide bonds. The molecule has 0 unspecified atom stereocenters. The number of alkyl halides is 1. The summed E-state index contributed by atoms with van der Waals surface area (Å²) in [5.41, 5.74) is 0. The van der Waals surface area contributed by atoms with E-state index in [9.17, 15) is 0 Å². The fourth-order valence-corrected chi connectivity index (χ4v) is 0. The first-order chi connectivity index (χ1) is 2.91. The van der Waals surface area contributed by atoms with E-state index in [-0.39, 0.29) is 0 Å². The molecule has 0 aliphatic heterocycles. The largest absolute Gasteiger partial charge is 0.400 e. The zero-order chi connectivity index (χ0) is 5.41. The molecule has 0 rings (SSSR count). The number of allylic oxidation sites excluding steroid dienone is 1. The minimum Gasteiger partial charge on any atom is -0.400 e. The summed E-state index contributed by atoms with van der Waals surface area (Å²) in [5, 5.41) is 7.00. The first-order valence-electron chi connectivity index (χ1n) is 1.53. The lowest BCUT2D eigenvalue weighted by Gasteiger charge is -1.55. The van der Waals surface area contributed by atoms with Crippen molar-refractivity contribution in [2.45, 2.75) is 0 Å². The van der Waals surface area contributed by atoms with Crippen molar-refractivity contribution in [3.63, 3.8) is 0 Å². The standard InChI is InChI=1S/C3H5Cl.CH4O/c1-2-3-4;1-2/h2H,1,3H2;2H,1H3. The average Bonchev–Trinajstić information content (AvgIpc) is 1.72. The third-order valence-electron chi connectivity index (χ3n) is 0.109. The van der Waals surface area contributed by atoms with E-state index in [1.54, 1.807) is 6.08 Å². The summed E-state index contributed by atoms with van der Waals surface area (Å²) in [6.45, 7) is 3.35. The van der Waals surface area contributed by atoms with Gasteiger partial charge in [0, 0.05) is 13.0 Å². The molecular formula is C4H9ClO. The predicted octanol–water partition coefficient (Wildman–Crippen LogP) is 1.02. The minimum atomic E-state index is 0.556. The van der Waals surface area contributed by atoms with E-state index >= 15 is 0 Å². The van der Waals surface area contributed by atoms with Gasteiger partial charge in [-0.1, -0.05) is 6.08 Å². The van der Waals surface area contributed by atoms with Gasteiger partial charge in [0.15, 0.2) is 0 Å². The summed E-state index contributed by atoms with van der Waals surface area (Å²) < 4.78 is 0. The third-order valence-corrected chi connectivity index (χ3v) is 0.327. The van der Waals surface area contributed by atoms with E-state index in [1.165, 1.54) is 0 Å². The maximum absolute atomic E-state index is 7.00. The van der Waals surface area contributed by atoms with E-state index in [2.05, 4.69) is 6.58 Å². The van der Waals surface area contributed by atoms with Gasteiger partial charge in [-0.3, -0.25) is 0 Å². The summed E-state index contributed by atoms with van der Waals surface area (Å²) in [4.78, 5) is 0. The van der Waals surface area contributed by atoms with Crippen molar-refractivity contribution in [1.82, 2.24) is 0 Å². The molecule has 0 bridgehead atoms. The zero-order valence-corrected chi connectivity index (χ0v) is 4.57. The van der Waals surface area contributed by atoms with Crippen LogP contribution in [0.1, 0.15) is 0 Å². The van der Waals surface area contributed by atoms with Crippen LogP contribution in [0, 0.1) is 0 Å². The molecule has 1 nitrogen and oxygen atoms in total. The number of rotatable bonds is 1. The molecule has 2 heteroatoms. The van der Waals surface area contributed by atoms with Crippen LogP contribution in [0.15, 0.2) is 12.7 Å². The highest BCUT2D eigenvalue weighted by Crippen LogP contribution is 1.67. The highest BCUT2D eigenvalue weighted by molar-refractivity contribution is 6.18. The van der Waals surface area contributed by atoms with Crippen LogP contribution in [-0.4, -0.2) is 18.1 Å². The van der Waals surface area contributed by atoms with Gasteiger partial charge in [-0.05, 0) is 0 Å². The molecule has 0 spiro atoms. The highest BCUT2D eigenvalue weighted by atomic mass is 35.5. The molecule has 0 aliphatic rings. The monoisotopic (exact) mass is 108 g/mol. The van der Waals surface area contributed by atoms with Crippen LogP contribution in [0.25, 0.3) is 0 Å². The minimum absolute atomic E-state index is 0.556. The summed E-state index contributed by atoms with van der Waals surface area (Å²) >= 11 is 5.07. The SMILES string of the molecule is C=CCCl.CO. The molecule has 1 N–H and O–H groups in total. The molecular weight excluding hydrogens is 99.5 g/mol. The zero-order valence-electron chi connectivity index (χ0n) is 3.82. The second kappa shape index (κ2) is 20.1. The Labute approximate surface area is 43.2 Å². The molecule has 0 saturated heterocycles. The van der Waals surface area contributed by atoms with E-state index < -0.39 is 0 Å². The first kappa shape index (κ1) is 9.37. The van der Waals surface area contributed by atoms with Crippen molar-refractivity contribution in [3.05, 3.63) is 12.7 Å². The van der Waals surface area contributed by atoms with Crippen molar-refractivity contribution >= 4 is 11.6 Å². The Bertz CT molecular complexity index is 21.5. The number of hydrogen-bond donors (Lipinski definition) is 1. The van der Waals surface area contributed by atoms with E-state index in [0.29, 0.717) is 5.88 Å². The van der Waals surface area contributed by atoms with Crippen LogP contribution in [0.2, 0.25) is 0 Å². The summed E-state index contributed by atoms with van der Waals surface area (Å²) in [6, 6.07) is 0. The predicted molar refractivity (Wildman–Crippen MR) is 29.1 cm³/mol. The molecule has 0 heterocycles. The fraction of sp³-hybridized carbons (Fsp3) is 0.500. The van der Waals surface area contributed by atoms with Crippen molar-refractivity contribution in [3.8, 4) is 0 Å². The van der Waals surface area contributed by atoms with E-state index in [0.717, 1.165) is 7.11 Å². The lowest BCUT2D eigenvalue weighted by atomic mass is 10.8. The van der Waals surface area contributed by atoms with Gasteiger partial charge in [0.1, 0.15) is 0 Å². The Kier molecular flexibility index (Phi) is 31.3. The van der Waals surface area contributed by atoms with Gasteiger partial charge in [-0.25, -0.2) is 0 Å². The molecule has 0 aromatic carbocycles. The number of aliphatic hydroxyl groups is 1. The van der Waals surface area contributed by atoms with Gasteiger partial charge in [0.2, 0.25) is 0 Å². The molecule has 0 aliphatic carbocycles. The lowest BCUT2D eigenvalue weighted by molar-refractivity contribution is 0.399. The van der Waals surface area contributed by atoms with Crippen molar-refractivity contribution in [1.29, 1.82) is 0 Å². The lowest BCUT2D eigenvalue weighted by Crippen LogP contribution is -1.45. The van der Waals surface area contributed by atoms with Crippen LogP contribution in [-0.2, 0) is 0 Å². The number of halogens is 1. The van der Waals surface area contributed by atoms with Crippen molar-refractivity contribution < 1.29 is 5.11 Å². The van der Waals surface area contributed by atoms with Crippen LogP contribution < -0.4 is 0 Å².